The van der Waals surface area contributed by atoms with E-state index >= 15 is 0 Å². The third kappa shape index (κ3) is 1.96. The van der Waals surface area contributed by atoms with Crippen LogP contribution in [0.3, 0.4) is 0 Å². The summed E-state index contributed by atoms with van der Waals surface area (Å²) < 4.78 is 5.42. The molecule has 1 aromatic carbocycles. The molecule has 0 unspecified atom stereocenters. The second-order valence-corrected chi connectivity index (χ2v) is 3.96. The van der Waals surface area contributed by atoms with Crippen molar-refractivity contribution in [3.8, 4) is 22.8 Å². The normalized spacial score (nSPS) is 10.3. The zero-order valence-electron chi connectivity index (χ0n) is 10.2. The van der Waals surface area contributed by atoms with Crippen molar-refractivity contribution in [1.82, 2.24) is 4.98 Å². The molecule has 0 spiro atoms. The Hall–Kier alpha value is -2.03. The summed E-state index contributed by atoms with van der Waals surface area (Å²) in [6.07, 6.45) is 1.66. The fourth-order valence-electron chi connectivity index (χ4n) is 1.84. The smallest absolute Gasteiger partial charge is 0.141 e. The van der Waals surface area contributed by atoms with Crippen LogP contribution in [0.15, 0.2) is 30.5 Å². The van der Waals surface area contributed by atoms with Crippen molar-refractivity contribution < 1.29 is 9.84 Å². The van der Waals surface area contributed by atoms with E-state index in [0.29, 0.717) is 5.69 Å². The van der Waals surface area contributed by atoms with Crippen molar-refractivity contribution in [2.45, 2.75) is 13.8 Å². The second kappa shape index (κ2) is 4.45. The number of pyridine rings is 1. The monoisotopic (exact) mass is 229 g/mol. The lowest BCUT2D eigenvalue weighted by atomic mass is 10.0. The van der Waals surface area contributed by atoms with Crippen molar-refractivity contribution >= 4 is 0 Å². The summed E-state index contributed by atoms with van der Waals surface area (Å²) in [5.41, 5.74) is 3.58. The van der Waals surface area contributed by atoms with E-state index < -0.39 is 0 Å². The summed E-state index contributed by atoms with van der Waals surface area (Å²) in [6, 6.07) is 7.24. The average Bonchev–Trinajstić information content (AvgIpc) is 2.33. The minimum atomic E-state index is 0.161. The molecule has 0 saturated heterocycles. The van der Waals surface area contributed by atoms with E-state index in [1.807, 2.05) is 26.0 Å². The van der Waals surface area contributed by atoms with Gasteiger partial charge in [0.15, 0.2) is 0 Å². The first-order valence-corrected chi connectivity index (χ1v) is 5.43. The fraction of sp³-hybridized carbons (Fsp3) is 0.214. The Balaban J connectivity index is 2.68. The highest BCUT2D eigenvalue weighted by Crippen LogP contribution is 2.37. The maximum Gasteiger partial charge on any atom is 0.141 e. The van der Waals surface area contributed by atoms with Crippen molar-refractivity contribution in [2.75, 3.05) is 7.11 Å². The highest BCUT2D eigenvalue weighted by Gasteiger charge is 2.14. The molecule has 17 heavy (non-hydrogen) atoms. The number of aromatic nitrogens is 1. The minimum Gasteiger partial charge on any atom is -0.506 e. The maximum atomic E-state index is 9.83. The number of rotatable bonds is 2. The van der Waals surface area contributed by atoms with Gasteiger partial charge in [0.25, 0.3) is 0 Å². The van der Waals surface area contributed by atoms with Crippen LogP contribution in [0, 0.1) is 13.8 Å². The van der Waals surface area contributed by atoms with Gasteiger partial charge in [-0.05, 0) is 43.2 Å². The van der Waals surface area contributed by atoms with Crippen LogP contribution in [0.25, 0.3) is 11.3 Å². The van der Waals surface area contributed by atoms with Gasteiger partial charge < -0.3 is 9.84 Å². The van der Waals surface area contributed by atoms with Gasteiger partial charge in [-0.3, -0.25) is 4.98 Å². The number of aromatic hydroxyl groups is 1. The molecule has 0 amide bonds. The minimum absolute atomic E-state index is 0.161. The number of ether oxygens (including phenoxy) is 1. The van der Waals surface area contributed by atoms with E-state index in [4.69, 9.17) is 4.74 Å². The van der Waals surface area contributed by atoms with Crippen LogP contribution in [-0.4, -0.2) is 17.2 Å². The van der Waals surface area contributed by atoms with Gasteiger partial charge in [0.1, 0.15) is 17.2 Å². The Labute approximate surface area is 101 Å². The summed E-state index contributed by atoms with van der Waals surface area (Å²) in [5, 5.41) is 9.83. The molecule has 0 aliphatic rings. The Kier molecular flexibility index (Phi) is 3.00. The van der Waals surface area contributed by atoms with Crippen LogP contribution in [0.4, 0.5) is 0 Å². The van der Waals surface area contributed by atoms with E-state index in [9.17, 15) is 5.11 Å². The third-order valence-electron chi connectivity index (χ3n) is 2.92. The number of aryl methyl sites for hydroxylation is 1. The van der Waals surface area contributed by atoms with Gasteiger partial charge in [-0.25, -0.2) is 0 Å². The quantitative estimate of drug-likeness (QED) is 0.860. The van der Waals surface area contributed by atoms with Crippen molar-refractivity contribution in [3.05, 3.63) is 41.6 Å². The molecule has 0 aliphatic carbocycles. The predicted octanol–water partition coefficient (Wildman–Crippen LogP) is 3.08. The molecule has 2 aromatic rings. The lowest BCUT2D eigenvalue weighted by molar-refractivity contribution is 0.412. The summed E-state index contributed by atoms with van der Waals surface area (Å²) in [4.78, 5) is 4.20. The molecule has 0 atom stereocenters. The van der Waals surface area contributed by atoms with Crippen LogP contribution in [0.2, 0.25) is 0 Å². The number of nitrogens with zero attached hydrogens (tertiary/aromatic N) is 1. The Morgan fingerprint density at radius 3 is 2.59 bits per heavy atom. The van der Waals surface area contributed by atoms with Crippen LogP contribution in [0.1, 0.15) is 11.1 Å². The second-order valence-electron chi connectivity index (χ2n) is 3.96. The molecule has 2 rings (SSSR count). The molecule has 88 valence electrons. The van der Waals surface area contributed by atoms with Gasteiger partial charge in [0.2, 0.25) is 0 Å². The SMILES string of the molecule is COc1c(-c2ncccc2O)ccc(C)c1C. The molecular weight excluding hydrogens is 214 g/mol. The van der Waals surface area contributed by atoms with Crippen LogP contribution < -0.4 is 4.74 Å². The lowest BCUT2D eigenvalue weighted by Crippen LogP contribution is -1.95. The molecule has 3 heteroatoms. The number of hydrogen-bond acceptors (Lipinski definition) is 3. The van der Waals surface area contributed by atoms with E-state index in [-0.39, 0.29) is 5.75 Å². The molecule has 3 nitrogen and oxygen atoms in total. The first kappa shape index (κ1) is 11.5. The highest BCUT2D eigenvalue weighted by molar-refractivity contribution is 5.74. The Bertz CT molecular complexity index is 550. The molecule has 0 fully saturated rings. The number of methoxy groups -OCH3 is 1. The third-order valence-corrected chi connectivity index (χ3v) is 2.92. The van der Waals surface area contributed by atoms with E-state index in [1.54, 1.807) is 25.4 Å². The lowest BCUT2D eigenvalue weighted by Gasteiger charge is -2.13. The highest BCUT2D eigenvalue weighted by atomic mass is 16.5. The standard InChI is InChI=1S/C14H15NO2/c1-9-6-7-11(14(17-3)10(9)2)13-12(16)5-4-8-15-13/h4-8,16H,1-3H3. The zero-order valence-corrected chi connectivity index (χ0v) is 10.2. The number of benzene rings is 1. The Morgan fingerprint density at radius 1 is 1.18 bits per heavy atom. The summed E-state index contributed by atoms with van der Waals surface area (Å²) in [7, 11) is 1.63. The molecule has 0 saturated carbocycles. The van der Waals surface area contributed by atoms with Gasteiger partial charge >= 0.3 is 0 Å². The first-order valence-electron chi connectivity index (χ1n) is 5.43. The summed E-state index contributed by atoms with van der Waals surface area (Å²) >= 11 is 0. The molecule has 0 radical (unpaired) electrons. The topological polar surface area (TPSA) is 42.4 Å². The van der Waals surface area contributed by atoms with Crippen LogP contribution >= 0.6 is 0 Å². The fourth-order valence-corrected chi connectivity index (χ4v) is 1.84. The van der Waals surface area contributed by atoms with Crippen molar-refractivity contribution in [2.24, 2.45) is 0 Å². The molecule has 1 N–H and O–H groups in total. The maximum absolute atomic E-state index is 9.83. The summed E-state index contributed by atoms with van der Waals surface area (Å²) in [5.74, 6) is 0.924. The summed E-state index contributed by atoms with van der Waals surface area (Å²) in [6.45, 7) is 4.03. The van der Waals surface area contributed by atoms with Crippen LogP contribution in [-0.2, 0) is 0 Å². The van der Waals surface area contributed by atoms with Gasteiger partial charge in [-0.15, -0.1) is 0 Å². The van der Waals surface area contributed by atoms with E-state index in [0.717, 1.165) is 22.4 Å². The van der Waals surface area contributed by atoms with Crippen LogP contribution in [0.5, 0.6) is 11.5 Å². The van der Waals surface area contributed by atoms with Gasteiger partial charge in [-0.2, -0.15) is 0 Å². The predicted molar refractivity (Wildman–Crippen MR) is 67.4 cm³/mol. The van der Waals surface area contributed by atoms with E-state index in [2.05, 4.69) is 4.98 Å². The molecular formula is C14H15NO2. The molecule has 0 aliphatic heterocycles. The largest absolute Gasteiger partial charge is 0.506 e. The zero-order chi connectivity index (χ0) is 12.4. The Morgan fingerprint density at radius 2 is 1.94 bits per heavy atom. The van der Waals surface area contributed by atoms with Crippen molar-refractivity contribution in [3.63, 3.8) is 0 Å². The van der Waals surface area contributed by atoms with Gasteiger partial charge in [0, 0.05) is 11.8 Å². The van der Waals surface area contributed by atoms with Gasteiger partial charge in [-0.1, -0.05) is 6.07 Å². The van der Waals surface area contributed by atoms with Crippen molar-refractivity contribution in [1.29, 1.82) is 0 Å². The first-order chi connectivity index (χ1) is 8.15. The number of hydrogen-bond donors (Lipinski definition) is 1. The van der Waals surface area contributed by atoms with Gasteiger partial charge in [0.05, 0.1) is 7.11 Å². The van der Waals surface area contributed by atoms with E-state index in [1.165, 1.54) is 0 Å². The molecule has 0 bridgehead atoms. The average molecular weight is 229 g/mol. The molecule has 1 heterocycles. The molecule has 1 aromatic heterocycles.